The zero-order chi connectivity index (χ0) is 15.5. The molecule has 1 N–H and O–H groups in total. The number of halogens is 3. The lowest BCUT2D eigenvalue weighted by molar-refractivity contribution is -0.137. The van der Waals surface area contributed by atoms with Gasteiger partial charge in [-0.2, -0.15) is 13.2 Å². The molecule has 1 aromatic carbocycles. The lowest BCUT2D eigenvalue weighted by atomic mass is 9.89. The van der Waals surface area contributed by atoms with Gasteiger partial charge in [-0.15, -0.1) is 0 Å². The zero-order valence-electron chi connectivity index (χ0n) is 12.7. The molecule has 118 valence electrons. The molecular weight excluding hydrogens is 275 g/mol. The summed E-state index contributed by atoms with van der Waals surface area (Å²) >= 11 is 0. The van der Waals surface area contributed by atoms with E-state index in [4.69, 9.17) is 0 Å². The third-order valence-corrected chi connectivity index (χ3v) is 4.55. The Balaban J connectivity index is 2.05. The number of hydrogen-bond donors (Lipinski definition) is 1. The van der Waals surface area contributed by atoms with E-state index >= 15 is 0 Å². The van der Waals surface area contributed by atoms with Gasteiger partial charge in [-0.1, -0.05) is 38.8 Å². The Kier molecular flexibility index (Phi) is 5.17. The van der Waals surface area contributed by atoms with Crippen molar-refractivity contribution in [1.29, 1.82) is 0 Å². The lowest BCUT2D eigenvalue weighted by Gasteiger charge is -2.22. The second kappa shape index (κ2) is 6.71. The summed E-state index contributed by atoms with van der Waals surface area (Å²) in [5.41, 5.74) is -0.340. The van der Waals surface area contributed by atoms with Gasteiger partial charge in [0, 0.05) is 11.7 Å². The summed E-state index contributed by atoms with van der Waals surface area (Å²) in [7, 11) is 0. The summed E-state index contributed by atoms with van der Waals surface area (Å²) in [6, 6.07) is 5.93. The smallest absolute Gasteiger partial charge is 0.382 e. The molecular formula is C17H24F3N. The molecule has 2 rings (SSSR count). The number of para-hydroxylation sites is 1. The van der Waals surface area contributed by atoms with Crippen LogP contribution in [0.25, 0.3) is 0 Å². The van der Waals surface area contributed by atoms with Crippen LogP contribution in [-0.2, 0) is 6.18 Å². The summed E-state index contributed by atoms with van der Waals surface area (Å²) < 4.78 is 39.0. The average Bonchev–Trinajstić information content (AvgIpc) is 2.64. The molecule has 1 aromatic rings. The first-order valence-electron chi connectivity index (χ1n) is 7.80. The monoisotopic (exact) mass is 299 g/mol. The standard InChI is InChI=1S/C17H24F3N/c1-12(2)13-6-5-7-14(11-10-13)21-16-9-4-3-8-15(16)17(18,19)20/h3-4,8-9,12-14,21H,5-7,10-11H2,1-2H3. The van der Waals surface area contributed by atoms with Gasteiger partial charge in [0.2, 0.25) is 0 Å². The third kappa shape index (κ3) is 4.39. The lowest BCUT2D eigenvalue weighted by Crippen LogP contribution is -2.21. The summed E-state index contributed by atoms with van der Waals surface area (Å²) in [4.78, 5) is 0. The van der Waals surface area contributed by atoms with E-state index in [0.29, 0.717) is 11.8 Å². The van der Waals surface area contributed by atoms with Crippen molar-refractivity contribution in [2.24, 2.45) is 11.8 Å². The van der Waals surface area contributed by atoms with E-state index < -0.39 is 11.7 Å². The fourth-order valence-corrected chi connectivity index (χ4v) is 3.22. The van der Waals surface area contributed by atoms with Gasteiger partial charge in [0.25, 0.3) is 0 Å². The van der Waals surface area contributed by atoms with E-state index in [9.17, 15) is 13.2 Å². The van der Waals surface area contributed by atoms with Crippen LogP contribution in [0.3, 0.4) is 0 Å². The van der Waals surface area contributed by atoms with Crippen LogP contribution in [0.1, 0.15) is 51.5 Å². The van der Waals surface area contributed by atoms with Crippen molar-refractivity contribution in [3.63, 3.8) is 0 Å². The number of benzene rings is 1. The molecule has 1 nitrogen and oxygen atoms in total. The number of rotatable bonds is 3. The number of hydrogen-bond acceptors (Lipinski definition) is 1. The first-order chi connectivity index (χ1) is 9.88. The van der Waals surface area contributed by atoms with Crippen LogP contribution in [-0.4, -0.2) is 6.04 Å². The molecule has 1 aliphatic rings. The molecule has 0 aliphatic heterocycles. The van der Waals surface area contributed by atoms with Crippen LogP contribution in [0, 0.1) is 11.8 Å². The van der Waals surface area contributed by atoms with Gasteiger partial charge in [0.05, 0.1) is 5.56 Å². The summed E-state index contributed by atoms with van der Waals surface area (Å²) in [5, 5.41) is 3.14. The van der Waals surface area contributed by atoms with Gasteiger partial charge < -0.3 is 5.32 Å². The van der Waals surface area contributed by atoms with Gasteiger partial charge in [0.15, 0.2) is 0 Å². The predicted octanol–water partition coefficient (Wildman–Crippen LogP) is 5.72. The molecule has 0 radical (unpaired) electrons. The van der Waals surface area contributed by atoms with Crippen molar-refractivity contribution in [1.82, 2.24) is 0 Å². The molecule has 2 unspecified atom stereocenters. The minimum atomic E-state index is -4.30. The number of anilines is 1. The first-order valence-corrected chi connectivity index (χ1v) is 7.80. The minimum Gasteiger partial charge on any atom is -0.382 e. The second-order valence-corrected chi connectivity index (χ2v) is 6.40. The van der Waals surface area contributed by atoms with Crippen LogP contribution in [0.5, 0.6) is 0 Å². The van der Waals surface area contributed by atoms with E-state index in [1.165, 1.54) is 18.6 Å². The number of nitrogens with one attached hydrogen (secondary N) is 1. The van der Waals surface area contributed by atoms with Crippen LogP contribution < -0.4 is 5.32 Å². The van der Waals surface area contributed by atoms with Crippen LogP contribution in [0.2, 0.25) is 0 Å². The van der Waals surface area contributed by atoms with Crippen molar-refractivity contribution in [3.8, 4) is 0 Å². The summed E-state index contributed by atoms with van der Waals surface area (Å²) in [6.07, 6.45) is 0.994. The Morgan fingerprint density at radius 1 is 1.05 bits per heavy atom. The van der Waals surface area contributed by atoms with E-state index in [1.54, 1.807) is 6.07 Å². The maximum Gasteiger partial charge on any atom is 0.418 e. The molecule has 0 bridgehead atoms. The van der Waals surface area contributed by atoms with Crippen LogP contribution in [0.4, 0.5) is 18.9 Å². The average molecular weight is 299 g/mol. The van der Waals surface area contributed by atoms with E-state index in [-0.39, 0.29) is 11.7 Å². The highest BCUT2D eigenvalue weighted by Gasteiger charge is 2.33. The zero-order valence-corrected chi connectivity index (χ0v) is 12.7. The molecule has 1 fully saturated rings. The van der Waals surface area contributed by atoms with Gasteiger partial charge in [-0.25, -0.2) is 0 Å². The molecule has 1 saturated carbocycles. The molecule has 0 spiro atoms. The van der Waals surface area contributed by atoms with Gasteiger partial charge in [-0.3, -0.25) is 0 Å². The molecule has 2 atom stereocenters. The second-order valence-electron chi connectivity index (χ2n) is 6.40. The Morgan fingerprint density at radius 2 is 1.76 bits per heavy atom. The largest absolute Gasteiger partial charge is 0.418 e. The normalized spacial score (nSPS) is 23.9. The fourth-order valence-electron chi connectivity index (χ4n) is 3.22. The summed E-state index contributed by atoms with van der Waals surface area (Å²) in [6.45, 7) is 4.47. The van der Waals surface area contributed by atoms with Crippen molar-refractivity contribution in [2.75, 3.05) is 5.32 Å². The van der Waals surface area contributed by atoms with Crippen molar-refractivity contribution >= 4 is 5.69 Å². The molecule has 4 heteroatoms. The van der Waals surface area contributed by atoms with E-state index in [0.717, 1.165) is 31.7 Å². The first kappa shape index (κ1) is 16.2. The maximum atomic E-state index is 13.0. The predicted molar refractivity (Wildman–Crippen MR) is 80.3 cm³/mol. The molecule has 0 aromatic heterocycles. The molecule has 0 heterocycles. The molecule has 0 amide bonds. The van der Waals surface area contributed by atoms with Gasteiger partial charge in [-0.05, 0) is 43.2 Å². The van der Waals surface area contributed by atoms with Crippen molar-refractivity contribution in [2.45, 2.75) is 58.2 Å². The minimum absolute atomic E-state index is 0.150. The molecule has 21 heavy (non-hydrogen) atoms. The summed E-state index contributed by atoms with van der Waals surface area (Å²) in [5.74, 6) is 1.36. The molecule has 1 aliphatic carbocycles. The SMILES string of the molecule is CC(C)C1CCCC(Nc2ccccc2C(F)(F)F)CC1. The topological polar surface area (TPSA) is 12.0 Å². The highest BCUT2D eigenvalue weighted by Crippen LogP contribution is 2.36. The van der Waals surface area contributed by atoms with Crippen molar-refractivity contribution in [3.05, 3.63) is 29.8 Å². The van der Waals surface area contributed by atoms with Crippen molar-refractivity contribution < 1.29 is 13.2 Å². The third-order valence-electron chi connectivity index (χ3n) is 4.55. The molecule has 0 saturated heterocycles. The number of alkyl halides is 3. The highest BCUT2D eigenvalue weighted by molar-refractivity contribution is 5.53. The van der Waals surface area contributed by atoms with E-state index in [2.05, 4.69) is 19.2 Å². The Bertz CT molecular complexity index is 454. The van der Waals surface area contributed by atoms with Crippen LogP contribution >= 0.6 is 0 Å². The Labute approximate surface area is 124 Å². The Morgan fingerprint density at radius 3 is 2.43 bits per heavy atom. The quantitative estimate of drug-likeness (QED) is 0.704. The van der Waals surface area contributed by atoms with E-state index in [1.807, 2.05) is 0 Å². The maximum absolute atomic E-state index is 13.0. The fraction of sp³-hybridized carbons (Fsp3) is 0.647. The highest BCUT2D eigenvalue weighted by atomic mass is 19.4. The Hall–Kier alpha value is -1.19. The van der Waals surface area contributed by atoms with Crippen LogP contribution in [0.15, 0.2) is 24.3 Å². The van der Waals surface area contributed by atoms with Gasteiger partial charge >= 0.3 is 6.18 Å². The van der Waals surface area contributed by atoms with Gasteiger partial charge in [0.1, 0.15) is 0 Å².